The van der Waals surface area contributed by atoms with E-state index >= 15 is 0 Å². The second-order valence-electron chi connectivity index (χ2n) is 5.49. The van der Waals surface area contributed by atoms with E-state index in [9.17, 15) is 21.4 Å². The van der Waals surface area contributed by atoms with Crippen LogP contribution < -0.4 is 15.2 Å². The van der Waals surface area contributed by atoms with Crippen molar-refractivity contribution in [1.29, 1.82) is 0 Å². The van der Waals surface area contributed by atoms with Crippen molar-refractivity contribution in [2.45, 2.75) is 4.90 Å². The molecule has 0 heterocycles. The second-order valence-corrected chi connectivity index (χ2v) is 8.86. The predicted molar refractivity (Wildman–Crippen MR) is 105 cm³/mol. The maximum absolute atomic E-state index is 11.4. The Morgan fingerprint density at radius 1 is 1.07 bits per heavy atom. The van der Waals surface area contributed by atoms with E-state index in [1.807, 2.05) is 0 Å². The van der Waals surface area contributed by atoms with E-state index in [-0.39, 0.29) is 40.2 Å². The largest absolute Gasteiger partial charge is 0.495 e. The summed E-state index contributed by atoms with van der Waals surface area (Å²) in [6.45, 7) is -0.364. The van der Waals surface area contributed by atoms with Gasteiger partial charge in [-0.1, -0.05) is 11.6 Å². The topological polar surface area (TPSA) is 178 Å². The molecule has 29 heavy (non-hydrogen) atoms. The lowest BCUT2D eigenvalue weighted by Gasteiger charge is -2.10. The number of nitrogens with two attached hydrogens (primary N) is 1. The summed E-state index contributed by atoms with van der Waals surface area (Å²) < 4.78 is 72.4. The fourth-order valence-corrected chi connectivity index (χ4v) is 3.24. The molecule has 0 fully saturated rings. The highest BCUT2D eigenvalue weighted by molar-refractivity contribution is 7.86. The second kappa shape index (κ2) is 8.92. The van der Waals surface area contributed by atoms with Crippen LogP contribution in [0.3, 0.4) is 0 Å². The third-order valence-electron chi connectivity index (χ3n) is 3.38. The highest BCUT2D eigenvalue weighted by atomic mass is 35.5. The third-order valence-corrected chi connectivity index (χ3v) is 5.24. The molecule has 0 aliphatic rings. The molecule has 0 amide bonds. The van der Waals surface area contributed by atoms with Crippen LogP contribution in [0.5, 0.6) is 11.5 Å². The van der Waals surface area contributed by atoms with E-state index in [1.54, 1.807) is 0 Å². The normalized spacial score (nSPS) is 12.3. The molecule has 158 valence electrons. The first-order valence-electron chi connectivity index (χ1n) is 7.65. The van der Waals surface area contributed by atoms with Crippen LogP contribution in [0.2, 0.25) is 5.02 Å². The number of benzene rings is 2. The van der Waals surface area contributed by atoms with Crippen molar-refractivity contribution in [3.8, 4) is 11.5 Å². The first-order valence-corrected chi connectivity index (χ1v) is 11.1. The van der Waals surface area contributed by atoms with Crippen molar-refractivity contribution in [3.63, 3.8) is 0 Å². The monoisotopic (exact) mass is 465 g/mol. The number of rotatable bonds is 8. The van der Waals surface area contributed by atoms with Crippen LogP contribution in [0.15, 0.2) is 45.5 Å². The summed E-state index contributed by atoms with van der Waals surface area (Å²) >= 11 is 6.04. The van der Waals surface area contributed by atoms with E-state index in [4.69, 9.17) is 31.4 Å². The fraction of sp³-hybridized carbons (Fsp3) is 0.200. The van der Waals surface area contributed by atoms with Gasteiger partial charge in [0.25, 0.3) is 20.2 Å². The number of azo groups is 1. The molecule has 0 bridgehead atoms. The van der Waals surface area contributed by atoms with Gasteiger partial charge in [-0.25, -0.2) is 0 Å². The molecular weight excluding hydrogens is 450 g/mol. The first kappa shape index (κ1) is 22.8. The van der Waals surface area contributed by atoms with E-state index in [2.05, 4.69) is 10.2 Å². The zero-order valence-corrected chi connectivity index (χ0v) is 17.2. The summed E-state index contributed by atoms with van der Waals surface area (Å²) in [4.78, 5) is -0.492. The molecule has 2 rings (SSSR count). The standard InChI is InChI=1S/C15H16ClN3O8S2/c1-26-13-3-2-9(6-15(13)29(23,24)25)18-19-12-8-14(11(17)7-10(12)16)27-4-5-28(20,21)22/h2-3,6-8H,4-5,17H2,1H3,(H,20,21,22)(H,23,24,25). The van der Waals surface area contributed by atoms with Gasteiger partial charge in [-0.15, -0.1) is 5.11 Å². The lowest BCUT2D eigenvalue weighted by Crippen LogP contribution is -2.13. The van der Waals surface area contributed by atoms with Gasteiger partial charge in [-0.05, 0) is 24.3 Å². The molecule has 0 saturated heterocycles. The molecule has 0 aliphatic heterocycles. The zero-order chi connectivity index (χ0) is 21.8. The van der Waals surface area contributed by atoms with E-state index < -0.39 is 30.9 Å². The summed E-state index contributed by atoms with van der Waals surface area (Å²) in [5.41, 5.74) is 6.00. The molecule has 0 spiro atoms. The minimum atomic E-state index is -4.55. The fourth-order valence-electron chi connectivity index (χ4n) is 2.06. The van der Waals surface area contributed by atoms with Gasteiger partial charge < -0.3 is 15.2 Å². The number of anilines is 1. The molecule has 0 saturated carbocycles. The Morgan fingerprint density at radius 3 is 2.34 bits per heavy atom. The zero-order valence-electron chi connectivity index (χ0n) is 14.8. The van der Waals surface area contributed by atoms with Crippen LogP contribution in [0.1, 0.15) is 0 Å². The van der Waals surface area contributed by atoms with Gasteiger partial charge in [-0.3, -0.25) is 9.11 Å². The van der Waals surface area contributed by atoms with Crippen molar-refractivity contribution in [3.05, 3.63) is 35.4 Å². The summed E-state index contributed by atoms with van der Waals surface area (Å²) in [5.74, 6) is -0.664. The lowest BCUT2D eigenvalue weighted by atomic mass is 10.2. The number of hydrogen-bond donors (Lipinski definition) is 3. The maximum Gasteiger partial charge on any atom is 0.298 e. The molecule has 0 radical (unpaired) electrons. The van der Waals surface area contributed by atoms with E-state index in [0.29, 0.717) is 0 Å². The molecule has 0 aromatic heterocycles. The number of hydrogen-bond acceptors (Lipinski definition) is 9. The average molecular weight is 466 g/mol. The predicted octanol–water partition coefficient (Wildman–Crippen LogP) is 2.86. The number of halogens is 1. The molecule has 2 aromatic carbocycles. The molecule has 4 N–H and O–H groups in total. The Labute approximate surface area is 171 Å². The highest BCUT2D eigenvalue weighted by Gasteiger charge is 2.17. The van der Waals surface area contributed by atoms with Gasteiger partial charge in [0, 0.05) is 6.07 Å². The van der Waals surface area contributed by atoms with Crippen molar-refractivity contribution in [2.75, 3.05) is 25.2 Å². The van der Waals surface area contributed by atoms with Crippen molar-refractivity contribution in [1.82, 2.24) is 0 Å². The minimum Gasteiger partial charge on any atom is -0.495 e. The lowest BCUT2D eigenvalue weighted by molar-refractivity contribution is 0.337. The van der Waals surface area contributed by atoms with E-state index in [1.165, 1.54) is 31.4 Å². The molecule has 0 unspecified atom stereocenters. The molecule has 0 aliphatic carbocycles. The number of nitrogen functional groups attached to an aromatic ring is 1. The van der Waals surface area contributed by atoms with Gasteiger partial charge >= 0.3 is 0 Å². The summed E-state index contributed by atoms with van der Waals surface area (Å²) in [6, 6.07) is 6.32. The van der Waals surface area contributed by atoms with Crippen molar-refractivity contribution < 1.29 is 35.4 Å². The van der Waals surface area contributed by atoms with Crippen LogP contribution in [0.4, 0.5) is 17.1 Å². The highest BCUT2D eigenvalue weighted by Crippen LogP contribution is 2.36. The van der Waals surface area contributed by atoms with Crippen molar-refractivity contribution in [2.24, 2.45) is 10.2 Å². The van der Waals surface area contributed by atoms with E-state index in [0.717, 1.165) is 6.07 Å². The smallest absolute Gasteiger partial charge is 0.298 e. The maximum atomic E-state index is 11.4. The van der Waals surface area contributed by atoms with Gasteiger partial charge in [0.2, 0.25) is 0 Å². The van der Waals surface area contributed by atoms with Crippen LogP contribution in [-0.4, -0.2) is 45.4 Å². The first-order chi connectivity index (χ1) is 13.4. The van der Waals surface area contributed by atoms with Gasteiger partial charge in [0.05, 0.1) is 23.5 Å². The summed E-state index contributed by atoms with van der Waals surface area (Å²) in [6.07, 6.45) is 0. The SMILES string of the molecule is COc1ccc(N=Nc2cc(OCCS(=O)(=O)O)c(N)cc2Cl)cc1S(=O)(=O)O. The minimum absolute atomic E-state index is 0.0559. The molecule has 14 heteroatoms. The number of methoxy groups -OCH3 is 1. The van der Waals surface area contributed by atoms with Crippen molar-refractivity contribution >= 4 is 48.9 Å². The molecule has 11 nitrogen and oxygen atoms in total. The average Bonchev–Trinajstić information content (AvgIpc) is 2.60. The molecule has 2 aromatic rings. The quantitative estimate of drug-likeness (QED) is 0.300. The summed E-state index contributed by atoms with van der Waals surface area (Å²) in [7, 11) is -7.52. The summed E-state index contributed by atoms with van der Waals surface area (Å²) in [5, 5.41) is 7.83. The molecular formula is C15H16ClN3O8S2. The Kier molecular flexibility index (Phi) is 7.02. The number of ether oxygens (including phenoxy) is 2. The van der Waals surface area contributed by atoms with Gasteiger partial charge in [-0.2, -0.15) is 21.9 Å². The van der Waals surface area contributed by atoms with Crippen LogP contribution in [0, 0.1) is 0 Å². The Morgan fingerprint density at radius 2 is 1.76 bits per heavy atom. The Bertz CT molecular complexity index is 1150. The Balaban J connectivity index is 2.31. The Hall–Kier alpha value is -2.45. The third kappa shape index (κ3) is 6.54. The molecule has 0 atom stereocenters. The van der Waals surface area contributed by atoms with Crippen LogP contribution in [-0.2, 0) is 20.2 Å². The van der Waals surface area contributed by atoms with Gasteiger partial charge in [0.1, 0.15) is 34.4 Å². The van der Waals surface area contributed by atoms with Gasteiger partial charge in [0.15, 0.2) is 0 Å². The van der Waals surface area contributed by atoms with Crippen LogP contribution >= 0.6 is 11.6 Å². The number of nitrogens with zero attached hydrogens (tertiary/aromatic N) is 2. The van der Waals surface area contributed by atoms with Crippen LogP contribution in [0.25, 0.3) is 0 Å².